The Hall–Kier alpha value is -3.01. The average Bonchev–Trinajstić information content (AvgIpc) is 3.41. The van der Waals surface area contributed by atoms with Crippen molar-refractivity contribution in [3.63, 3.8) is 0 Å². The second-order valence-electron chi connectivity index (χ2n) is 7.20. The zero-order chi connectivity index (χ0) is 19.7. The molecule has 1 aromatic heterocycles. The van der Waals surface area contributed by atoms with Crippen molar-refractivity contribution in [2.45, 2.75) is 32.4 Å². The number of rotatable bonds is 6. The fraction of sp³-hybridized carbons (Fsp3) is 0.500. The molecule has 0 atom stereocenters. The Kier molecular flexibility index (Phi) is 4.95. The predicted octanol–water partition coefficient (Wildman–Crippen LogP) is 1.50. The molecule has 2 heterocycles. The van der Waals surface area contributed by atoms with Gasteiger partial charge in [-0.15, -0.1) is 0 Å². The number of carbonyl (C=O) groups excluding carboxylic acids is 1. The first-order valence-corrected chi connectivity index (χ1v) is 9.35. The number of nitrogens with one attached hydrogen (secondary N) is 1. The summed E-state index contributed by atoms with van der Waals surface area (Å²) in [5.74, 6) is 0.926. The van der Waals surface area contributed by atoms with Crippen molar-refractivity contribution in [1.82, 2.24) is 20.4 Å². The van der Waals surface area contributed by atoms with E-state index < -0.39 is 4.92 Å². The Morgan fingerprint density at radius 3 is 2.68 bits per heavy atom. The number of benzene rings is 1. The molecule has 1 aliphatic heterocycles. The second-order valence-corrected chi connectivity index (χ2v) is 7.20. The van der Waals surface area contributed by atoms with Gasteiger partial charge in [0.1, 0.15) is 5.69 Å². The molecule has 10 heteroatoms. The molecule has 0 radical (unpaired) electrons. The van der Waals surface area contributed by atoms with E-state index in [0.717, 1.165) is 25.9 Å². The minimum Gasteiger partial charge on any atom is -0.363 e. The lowest BCUT2D eigenvalue weighted by atomic mass is 10.1. The second kappa shape index (κ2) is 7.55. The highest BCUT2D eigenvalue weighted by Crippen LogP contribution is 2.30. The van der Waals surface area contributed by atoms with Gasteiger partial charge in [-0.3, -0.25) is 19.8 Å². The Balaban J connectivity index is 1.43. The van der Waals surface area contributed by atoms with Crippen molar-refractivity contribution in [1.29, 1.82) is 0 Å². The van der Waals surface area contributed by atoms with E-state index in [1.54, 1.807) is 19.1 Å². The number of nitrogens with zero attached hydrogens (tertiary/aromatic N) is 5. The van der Waals surface area contributed by atoms with Crippen LogP contribution >= 0.6 is 0 Å². The molecule has 0 unspecified atom stereocenters. The number of aryl methyl sites for hydroxylation is 1. The van der Waals surface area contributed by atoms with Crippen LogP contribution in [0.1, 0.15) is 34.9 Å². The zero-order valence-electron chi connectivity index (χ0n) is 15.6. The van der Waals surface area contributed by atoms with Gasteiger partial charge in [0, 0.05) is 50.8 Å². The van der Waals surface area contributed by atoms with Gasteiger partial charge in [0.25, 0.3) is 11.6 Å². The van der Waals surface area contributed by atoms with Crippen molar-refractivity contribution in [3.05, 3.63) is 45.6 Å². The van der Waals surface area contributed by atoms with E-state index in [1.165, 1.54) is 6.07 Å². The smallest absolute Gasteiger partial charge is 0.293 e. The van der Waals surface area contributed by atoms with E-state index in [9.17, 15) is 14.9 Å². The third-order valence-electron chi connectivity index (χ3n) is 4.99. The SMILES string of the molecule is Cc1nc(CN2CCN(c3ccc(C(=O)NC4CC4)cc3[N+](=O)[O-])CC2)no1. The van der Waals surface area contributed by atoms with E-state index in [4.69, 9.17) is 4.52 Å². The minimum absolute atomic E-state index is 0.0364. The number of hydrogen-bond donors (Lipinski definition) is 1. The quantitative estimate of drug-likeness (QED) is 0.586. The number of nitro groups is 1. The molecule has 1 saturated heterocycles. The molecule has 28 heavy (non-hydrogen) atoms. The normalized spacial score (nSPS) is 17.5. The molecule has 2 aromatic rings. The number of nitro benzene ring substituents is 1. The van der Waals surface area contributed by atoms with Crippen LogP contribution in [0.2, 0.25) is 0 Å². The van der Waals surface area contributed by atoms with Crippen LogP contribution in [-0.2, 0) is 6.54 Å². The summed E-state index contributed by atoms with van der Waals surface area (Å²) in [6, 6.07) is 4.93. The fourth-order valence-electron chi connectivity index (χ4n) is 3.33. The molecule has 4 rings (SSSR count). The molecule has 2 aliphatic rings. The van der Waals surface area contributed by atoms with Gasteiger partial charge in [-0.05, 0) is 25.0 Å². The van der Waals surface area contributed by atoms with Crippen LogP contribution in [0.5, 0.6) is 0 Å². The van der Waals surface area contributed by atoms with Crippen molar-refractivity contribution in [2.75, 3.05) is 31.1 Å². The Labute approximate surface area is 161 Å². The molecule has 2 fully saturated rings. The maximum Gasteiger partial charge on any atom is 0.293 e. The lowest BCUT2D eigenvalue weighted by molar-refractivity contribution is -0.384. The minimum atomic E-state index is -0.419. The van der Waals surface area contributed by atoms with Crippen LogP contribution in [0.4, 0.5) is 11.4 Å². The summed E-state index contributed by atoms with van der Waals surface area (Å²) in [6.07, 6.45) is 1.94. The van der Waals surface area contributed by atoms with Gasteiger partial charge in [0.15, 0.2) is 5.82 Å². The summed E-state index contributed by atoms with van der Waals surface area (Å²) in [5.41, 5.74) is 0.835. The molecule has 1 N–H and O–H groups in total. The first-order chi connectivity index (χ1) is 13.5. The van der Waals surface area contributed by atoms with Gasteiger partial charge >= 0.3 is 0 Å². The average molecular weight is 386 g/mol. The number of amides is 1. The Morgan fingerprint density at radius 1 is 1.32 bits per heavy atom. The summed E-state index contributed by atoms with van der Waals surface area (Å²) >= 11 is 0. The number of piperazine rings is 1. The molecular formula is C18H22N6O4. The summed E-state index contributed by atoms with van der Waals surface area (Å²) in [4.78, 5) is 31.8. The van der Waals surface area contributed by atoms with Crippen molar-refractivity contribution >= 4 is 17.3 Å². The van der Waals surface area contributed by atoms with Crippen LogP contribution in [-0.4, -0.2) is 58.1 Å². The lowest BCUT2D eigenvalue weighted by Gasteiger charge is -2.35. The van der Waals surface area contributed by atoms with E-state index in [2.05, 4.69) is 20.4 Å². The molecule has 1 aliphatic carbocycles. The number of anilines is 1. The van der Waals surface area contributed by atoms with Gasteiger partial charge in [-0.1, -0.05) is 5.16 Å². The standard InChI is InChI=1S/C18H22N6O4/c1-12-19-17(21-28-12)11-22-6-8-23(9-7-22)15-5-2-13(10-16(15)24(26)27)18(25)20-14-3-4-14/h2,5,10,14H,3-4,6-9,11H2,1H3,(H,20,25). The van der Waals surface area contributed by atoms with E-state index in [0.29, 0.717) is 42.6 Å². The van der Waals surface area contributed by atoms with Gasteiger partial charge in [0.05, 0.1) is 11.5 Å². The molecule has 148 valence electrons. The maximum atomic E-state index is 12.2. The summed E-state index contributed by atoms with van der Waals surface area (Å²) in [6.45, 7) is 5.09. The van der Waals surface area contributed by atoms with Crippen LogP contribution in [0.3, 0.4) is 0 Å². The summed E-state index contributed by atoms with van der Waals surface area (Å²) in [7, 11) is 0. The highest BCUT2D eigenvalue weighted by Gasteiger charge is 2.28. The molecule has 1 aromatic carbocycles. The summed E-state index contributed by atoms with van der Waals surface area (Å²) < 4.78 is 4.99. The molecule has 0 spiro atoms. The summed E-state index contributed by atoms with van der Waals surface area (Å²) in [5, 5.41) is 18.4. The van der Waals surface area contributed by atoms with E-state index in [-0.39, 0.29) is 17.6 Å². The Morgan fingerprint density at radius 2 is 2.07 bits per heavy atom. The van der Waals surface area contributed by atoms with Gasteiger partial charge < -0.3 is 14.7 Å². The van der Waals surface area contributed by atoms with Crippen LogP contribution in [0, 0.1) is 17.0 Å². The van der Waals surface area contributed by atoms with Crippen molar-refractivity contribution in [3.8, 4) is 0 Å². The molecule has 1 saturated carbocycles. The number of carbonyl (C=O) groups is 1. The monoisotopic (exact) mass is 386 g/mol. The first-order valence-electron chi connectivity index (χ1n) is 9.35. The van der Waals surface area contributed by atoms with Gasteiger partial charge in [-0.25, -0.2) is 0 Å². The highest BCUT2D eigenvalue weighted by molar-refractivity contribution is 5.96. The fourth-order valence-corrected chi connectivity index (χ4v) is 3.33. The lowest BCUT2D eigenvalue weighted by Crippen LogP contribution is -2.46. The van der Waals surface area contributed by atoms with Crippen LogP contribution in [0.15, 0.2) is 22.7 Å². The molecular weight excluding hydrogens is 364 g/mol. The van der Waals surface area contributed by atoms with Crippen LogP contribution < -0.4 is 10.2 Å². The largest absolute Gasteiger partial charge is 0.363 e. The third kappa shape index (κ3) is 4.11. The highest BCUT2D eigenvalue weighted by atomic mass is 16.6. The Bertz CT molecular complexity index is 886. The topological polar surface area (TPSA) is 118 Å². The predicted molar refractivity (Wildman–Crippen MR) is 100 cm³/mol. The third-order valence-corrected chi connectivity index (χ3v) is 4.99. The molecule has 10 nitrogen and oxygen atoms in total. The first kappa shape index (κ1) is 18.4. The zero-order valence-corrected chi connectivity index (χ0v) is 15.6. The van der Waals surface area contributed by atoms with Crippen LogP contribution in [0.25, 0.3) is 0 Å². The molecule has 0 bridgehead atoms. The van der Waals surface area contributed by atoms with Crippen molar-refractivity contribution < 1.29 is 14.2 Å². The van der Waals surface area contributed by atoms with Gasteiger partial charge in [0.2, 0.25) is 5.89 Å². The number of aromatic nitrogens is 2. The van der Waals surface area contributed by atoms with Crippen molar-refractivity contribution in [2.24, 2.45) is 0 Å². The molecule has 1 amide bonds. The number of hydrogen-bond acceptors (Lipinski definition) is 8. The van der Waals surface area contributed by atoms with E-state index in [1.807, 2.05) is 4.90 Å². The van der Waals surface area contributed by atoms with Gasteiger partial charge in [-0.2, -0.15) is 4.98 Å². The maximum absolute atomic E-state index is 12.2. The van der Waals surface area contributed by atoms with E-state index >= 15 is 0 Å².